The number of carbonyl (C=O) groups excluding carboxylic acids is 1. The highest BCUT2D eigenvalue weighted by molar-refractivity contribution is 5.76. The lowest BCUT2D eigenvalue weighted by atomic mass is 9.94. The van der Waals surface area contributed by atoms with Crippen LogP contribution in [0, 0.1) is 0 Å². The number of oxazole rings is 1. The third-order valence-corrected chi connectivity index (χ3v) is 5.83. The first-order valence-electron chi connectivity index (χ1n) is 9.98. The van der Waals surface area contributed by atoms with Gasteiger partial charge in [0.25, 0.3) is 0 Å². The van der Waals surface area contributed by atoms with Crippen molar-refractivity contribution in [2.75, 3.05) is 26.2 Å². The average molecular weight is 369 g/mol. The molecule has 0 atom stereocenters. The lowest BCUT2D eigenvalue weighted by Crippen LogP contribution is -2.53. The van der Waals surface area contributed by atoms with Crippen LogP contribution in [0.3, 0.4) is 0 Å². The first-order chi connectivity index (χ1) is 13.2. The molecule has 4 rings (SSSR count). The minimum atomic E-state index is -0.483. The minimum absolute atomic E-state index is 0.0131. The molecule has 144 valence electrons. The third-order valence-electron chi connectivity index (χ3n) is 5.83. The Kier molecular flexibility index (Phi) is 5.43. The number of amides is 1. The van der Waals surface area contributed by atoms with Crippen LogP contribution in [0.25, 0.3) is 11.3 Å². The number of rotatable bonds is 4. The molecule has 1 saturated carbocycles. The van der Waals surface area contributed by atoms with E-state index in [-0.39, 0.29) is 12.5 Å². The van der Waals surface area contributed by atoms with E-state index in [1.54, 1.807) is 6.20 Å². The monoisotopic (exact) mass is 369 g/mol. The van der Waals surface area contributed by atoms with Gasteiger partial charge in [-0.05, 0) is 12.8 Å². The Morgan fingerprint density at radius 3 is 2.41 bits per heavy atom. The molecule has 1 aromatic heterocycles. The largest absolute Gasteiger partial charge is 0.419 e. The Labute approximate surface area is 159 Å². The van der Waals surface area contributed by atoms with Gasteiger partial charge in [-0.2, -0.15) is 0 Å². The molecule has 6 nitrogen and oxygen atoms in total. The predicted octanol–water partition coefficient (Wildman–Crippen LogP) is 2.59. The predicted molar refractivity (Wildman–Crippen MR) is 103 cm³/mol. The molecule has 6 heteroatoms. The van der Waals surface area contributed by atoms with Crippen molar-refractivity contribution in [3.8, 4) is 11.3 Å². The highest BCUT2D eigenvalue weighted by atomic mass is 16.4. The molecule has 27 heavy (non-hydrogen) atoms. The van der Waals surface area contributed by atoms with Crippen molar-refractivity contribution >= 4 is 5.91 Å². The molecule has 0 radical (unpaired) electrons. The summed E-state index contributed by atoms with van der Waals surface area (Å²) in [6.07, 6.45) is 8.24. The molecule has 1 aliphatic heterocycles. The SMILES string of the molecule is O=C(Cn1cc(-c2ccccc2)oc1=O)N1CCN(C2CCCCC2)CC1. The summed E-state index contributed by atoms with van der Waals surface area (Å²) in [5.74, 6) is -0.000585. The molecule has 2 aromatic rings. The van der Waals surface area contributed by atoms with Gasteiger partial charge in [0.1, 0.15) is 6.54 Å². The Morgan fingerprint density at radius 2 is 1.70 bits per heavy atom. The molecule has 1 aromatic carbocycles. The van der Waals surface area contributed by atoms with Crippen molar-refractivity contribution in [2.45, 2.75) is 44.7 Å². The molecule has 1 saturated heterocycles. The summed E-state index contributed by atoms with van der Waals surface area (Å²) in [5, 5.41) is 0. The van der Waals surface area contributed by atoms with Crippen molar-refractivity contribution in [3.05, 3.63) is 47.1 Å². The maximum Gasteiger partial charge on any atom is 0.419 e. The lowest BCUT2D eigenvalue weighted by Gasteiger charge is -2.40. The molecule has 0 spiro atoms. The topological polar surface area (TPSA) is 58.7 Å². The molecular formula is C21H27N3O3. The van der Waals surface area contributed by atoms with Crippen LogP contribution in [0.5, 0.6) is 0 Å². The fourth-order valence-electron chi connectivity index (χ4n) is 4.25. The van der Waals surface area contributed by atoms with Crippen LogP contribution in [0.15, 0.2) is 45.7 Å². The zero-order valence-electron chi connectivity index (χ0n) is 15.7. The number of hydrogen-bond acceptors (Lipinski definition) is 4. The first kappa shape index (κ1) is 18.0. The Bertz CT molecular complexity index is 813. The van der Waals surface area contributed by atoms with E-state index in [0.29, 0.717) is 11.8 Å². The van der Waals surface area contributed by atoms with E-state index in [4.69, 9.17) is 4.42 Å². The smallest absolute Gasteiger partial charge is 0.408 e. The maximum absolute atomic E-state index is 12.7. The summed E-state index contributed by atoms with van der Waals surface area (Å²) >= 11 is 0. The highest BCUT2D eigenvalue weighted by Gasteiger charge is 2.27. The van der Waals surface area contributed by atoms with Crippen molar-refractivity contribution in [2.24, 2.45) is 0 Å². The van der Waals surface area contributed by atoms with Gasteiger partial charge >= 0.3 is 5.76 Å². The van der Waals surface area contributed by atoms with Gasteiger partial charge in [-0.1, -0.05) is 49.6 Å². The van der Waals surface area contributed by atoms with E-state index in [2.05, 4.69) is 4.90 Å². The van der Waals surface area contributed by atoms with Gasteiger partial charge in [0.05, 0.1) is 6.20 Å². The first-order valence-corrected chi connectivity index (χ1v) is 9.98. The minimum Gasteiger partial charge on any atom is -0.408 e. The van der Waals surface area contributed by atoms with Crippen LogP contribution in [-0.4, -0.2) is 52.5 Å². The van der Waals surface area contributed by atoms with Crippen LogP contribution in [-0.2, 0) is 11.3 Å². The van der Waals surface area contributed by atoms with E-state index < -0.39 is 5.76 Å². The number of carbonyl (C=O) groups is 1. The molecule has 0 unspecified atom stereocenters. The molecule has 0 N–H and O–H groups in total. The molecule has 2 aliphatic rings. The Hall–Kier alpha value is -2.34. The fraction of sp³-hybridized carbons (Fsp3) is 0.524. The average Bonchev–Trinajstić information content (AvgIpc) is 3.10. The number of nitrogens with zero attached hydrogens (tertiary/aromatic N) is 3. The molecule has 2 fully saturated rings. The summed E-state index contributed by atoms with van der Waals surface area (Å²) < 4.78 is 6.69. The zero-order valence-corrected chi connectivity index (χ0v) is 15.7. The standard InChI is InChI=1S/C21H27N3O3/c25-20(23-13-11-22(12-14-23)18-9-5-2-6-10-18)16-24-15-19(27-21(24)26)17-7-3-1-4-8-17/h1,3-4,7-8,15,18H,2,5-6,9-14,16H2. The Morgan fingerprint density at radius 1 is 1.00 bits per heavy atom. The van der Waals surface area contributed by atoms with Gasteiger partial charge in [0, 0.05) is 37.8 Å². The summed E-state index contributed by atoms with van der Waals surface area (Å²) in [4.78, 5) is 29.2. The van der Waals surface area contributed by atoms with E-state index in [0.717, 1.165) is 31.7 Å². The van der Waals surface area contributed by atoms with Gasteiger partial charge in [-0.3, -0.25) is 14.3 Å². The Balaban J connectivity index is 1.35. The highest BCUT2D eigenvalue weighted by Crippen LogP contribution is 2.23. The molecular weight excluding hydrogens is 342 g/mol. The van der Waals surface area contributed by atoms with Crippen molar-refractivity contribution < 1.29 is 9.21 Å². The van der Waals surface area contributed by atoms with E-state index in [1.807, 2.05) is 35.2 Å². The number of aromatic nitrogens is 1. The maximum atomic E-state index is 12.7. The molecule has 1 aliphatic carbocycles. The van der Waals surface area contributed by atoms with Crippen molar-refractivity contribution in [3.63, 3.8) is 0 Å². The second-order valence-corrected chi connectivity index (χ2v) is 7.56. The van der Waals surface area contributed by atoms with Gasteiger partial charge in [-0.25, -0.2) is 4.79 Å². The zero-order chi connectivity index (χ0) is 18.6. The van der Waals surface area contributed by atoms with E-state index in [9.17, 15) is 9.59 Å². The number of benzene rings is 1. The summed E-state index contributed by atoms with van der Waals surface area (Å²) in [6.45, 7) is 3.40. The van der Waals surface area contributed by atoms with Gasteiger partial charge in [0.15, 0.2) is 5.76 Å². The van der Waals surface area contributed by atoms with Gasteiger partial charge < -0.3 is 9.32 Å². The summed E-state index contributed by atoms with van der Waals surface area (Å²) in [7, 11) is 0. The normalized spacial score (nSPS) is 19.3. The molecule has 2 heterocycles. The van der Waals surface area contributed by atoms with Gasteiger partial charge in [0.2, 0.25) is 5.91 Å². The van der Waals surface area contributed by atoms with Gasteiger partial charge in [-0.15, -0.1) is 0 Å². The molecule has 0 bridgehead atoms. The van der Waals surface area contributed by atoms with Crippen molar-refractivity contribution in [1.29, 1.82) is 0 Å². The van der Waals surface area contributed by atoms with Crippen LogP contribution in [0.2, 0.25) is 0 Å². The quantitative estimate of drug-likeness (QED) is 0.831. The van der Waals surface area contributed by atoms with Crippen LogP contribution in [0.1, 0.15) is 32.1 Å². The second-order valence-electron chi connectivity index (χ2n) is 7.56. The lowest BCUT2D eigenvalue weighted by molar-refractivity contribution is -0.134. The third kappa shape index (κ3) is 4.16. The van der Waals surface area contributed by atoms with Crippen molar-refractivity contribution in [1.82, 2.24) is 14.4 Å². The second kappa shape index (κ2) is 8.13. The molecule has 1 amide bonds. The van der Waals surface area contributed by atoms with Crippen LogP contribution < -0.4 is 5.76 Å². The number of hydrogen-bond donors (Lipinski definition) is 0. The number of piperazine rings is 1. The van der Waals surface area contributed by atoms with E-state index >= 15 is 0 Å². The van der Waals surface area contributed by atoms with Crippen LogP contribution in [0.4, 0.5) is 0 Å². The van der Waals surface area contributed by atoms with E-state index in [1.165, 1.54) is 36.7 Å². The summed E-state index contributed by atoms with van der Waals surface area (Å²) in [6, 6.07) is 10.2. The van der Waals surface area contributed by atoms with Crippen LogP contribution >= 0.6 is 0 Å². The fourth-order valence-corrected chi connectivity index (χ4v) is 4.25. The summed E-state index contributed by atoms with van der Waals surface area (Å²) in [5.41, 5.74) is 0.835.